The van der Waals surface area contributed by atoms with Crippen molar-refractivity contribution in [3.05, 3.63) is 24.2 Å². The summed E-state index contributed by atoms with van der Waals surface area (Å²) >= 11 is 0. The van der Waals surface area contributed by atoms with Gasteiger partial charge in [0.25, 0.3) is 0 Å². The summed E-state index contributed by atoms with van der Waals surface area (Å²) in [6.07, 6.45) is 6.46. The number of amides is 1. The fraction of sp³-hybridized carbons (Fsp3) is 0.500. The van der Waals surface area contributed by atoms with Gasteiger partial charge in [-0.3, -0.25) is 9.59 Å². The van der Waals surface area contributed by atoms with Gasteiger partial charge in [0.2, 0.25) is 5.91 Å². The zero-order valence-corrected chi connectivity index (χ0v) is 9.15. The van der Waals surface area contributed by atoms with Crippen molar-refractivity contribution in [2.24, 2.45) is 0 Å². The quantitative estimate of drug-likeness (QED) is 0.732. The van der Waals surface area contributed by atoms with Crippen molar-refractivity contribution < 1.29 is 14.0 Å². The fourth-order valence-corrected chi connectivity index (χ4v) is 1.89. The maximum atomic E-state index is 11.8. The van der Waals surface area contributed by atoms with Crippen molar-refractivity contribution >= 4 is 11.7 Å². The molecule has 1 fully saturated rings. The van der Waals surface area contributed by atoms with Crippen LogP contribution in [0.2, 0.25) is 0 Å². The molecule has 0 bridgehead atoms. The van der Waals surface area contributed by atoms with Crippen LogP contribution in [0.4, 0.5) is 0 Å². The maximum Gasteiger partial charge on any atom is 0.222 e. The molecule has 1 aliphatic rings. The van der Waals surface area contributed by atoms with E-state index >= 15 is 0 Å². The van der Waals surface area contributed by atoms with E-state index in [2.05, 4.69) is 0 Å². The zero-order valence-electron chi connectivity index (χ0n) is 9.15. The van der Waals surface area contributed by atoms with E-state index in [1.165, 1.54) is 12.5 Å². The molecule has 1 amide bonds. The molecule has 0 N–H and O–H groups in total. The molecule has 1 aromatic heterocycles. The van der Waals surface area contributed by atoms with E-state index < -0.39 is 0 Å². The number of ketones is 1. The van der Waals surface area contributed by atoms with Crippen LogP contribution in [0, 0.1) is 0 Å². The first kappa shape index (κ1) is 10.9. The van der Waals surface area contributed by atoms with Crippen LogP contribution in [0.1, 0.15) is 36.0 Å². The van der Waals surface area contributed by atoms with Gasteiger partial charge in [0.15, 0.2) is 5.78 Å². The van der Waals surface area contributed by atoms with E-state index in [1.54, 1.807) is 11.0 Å². The van der Waals surface area contributed by atoms with E-state index in [0.717, 1.165) is 19.3 Å². The maximum absolute atomic E-state index is 11.8. The molecule has 0 atom stereocenters. The molecule has 0 aliphatic carbocycles. The summed E-state index contributed by atoms with van der Waals surface area (Å²) in [5.41, 5.74) is 0.539. The third-order valence-electron chi connectivity index (χ3n) is 2.85. The van der Waals surface area contributed by atoms with Crippen LogP contribution >= 0.6 is 0 Å². The van der Waals surface area contributed by atoms with E-state index in [9.17, 15) is 9.59 Å². The van der Waals surface area contributed by atoms with Crippen LogP contribution in [0.25, 0.3) is 0 Å². The molecule has 1 aromatic rings. The van der Waals surface area contributed by atoms with Gasteiger partial charge in [0.05, 0.1) is 18.4 Å². The molecule has 2 heterocycles. The molecule has 86 valence electrons. The highest BCUT2D eigenvalue weighted by atomic mass is 16.3. The highest BCUT2D eigenvalue weighted by Gasteiger charge is 2.20. The summed E-state index contributed by atoms with van der Waals surface area (Å²) in [5.74, 6) is 0.0401. The van der Waals surface area contributed by atoms with Gasteiger partial charge in [-0.05, 0) is 18.9 Å². The first-order chi connectivity index (χ1) is 7.77. The van der Waals surface area contributed by atoms with Crippen LogP contribution in [0.3, 0.4) is 0 Å². The minimum atomic E-state index is -0.0519. The molecule has 1 aliphatic heterocycles. The van der Waals surface area contributed by atoms with Crippen molar-refractivity contribution in [3.63, 3.8) is 0 Å². The molecule has 0 unspecified atom stereocenters. The summed E-state index contributed by atoms with van der Waals surface area (Å²) in [7, 11) is 0. The predicted molar refractivity (Wildman–Crippen MR) is 58.1 cm³/mol. The highest BCUT2D eigenvalue weighted by Crippen LogP contribution is 2.12. The lowest BCUT2D eigenvalue weighted by atomic mass is 10.2. The van der Waals surface area contributed by atoms with Gasteiger partial charge in [0.1, 0.15) is 6.26 Å². The summed E-state index contributed by atoms with van der Waals surface area (Å²) in [4.78, 5) is 25.1. The molecule has 16 heavy (non-hydrogen) atoms. The summed E-state index contributed by atoms with van der Waals surface area (Å²) < 4.78 is 4.85. The standard InChI is InChI=1S/C12H15NO3/c14-11(10-5-7-16-9-10)8-13-6-3-1-2-4-12(13)15/h5,7,9H,1-4,6,8H2. The first-order valence-electron chi connectivity index (χ1n) is 5.60. The Bertz CT molecular complexity index is 370. The largest absolute Gasteiger partial charge is 0.472 e. The van der Waals surface area contributed by atoms with Crippen LogP contribution in [0.5, 0.6) is 0 Å². The van der Waals surface area contributed by atoms with Gasteiger partial charge in [0, 0.05) is 13.0 Å². The third kappa shape index (κ3) is 2.51. The van der Waals surface area contributed by atoms with E-state index in [1.807, 2.05) is 0 Å². The second-order valence-electron chi connectivity index (χ2n) is 4.06. The molecule has 0 spiro atoms. The van der Waals surface area contributed by atoms with E-state index in [0.29, 0.717) is 18.5 Å². The van der Waals surface area contributed by atoms with Crippen molar-refractivity contribution in [2.45, 2.75) is 25.7 Å². The Kier molecular flexibility index (Phi) is 3.39. The SMILES string of the molecule is O=C(CN1CCCCCC1=O)c1ccoc1. The topological polar surface area (TPSA) is 50.5 Å². The normalized spacial score (nSPS) is 17.2. The van der Waals surface area contributed by atoms with Crippen LogP contribution in [0.15, 0.2) is 23.0 Å². The van der Waals surface area contributed by atoms with Gasteiger partial charge in [-0.25, -0.2) is 0 Å². The van der Waals surface area contributed by atoms with Gasteiger partial charge >= 0.3 is 0 Å². The summed E-state index contributed by atoms with van der Waals surface area (Å²) in [6, 6.07) is 1.63. The molecular weight excluding hydrogens is 206 g/mol. The third-order valence-corrected chi connectivity index (χ3v) is 2.85. The molecule has 1 saturated heterocycles. The number of Topliss-reactive ketones (excluding diaryl/α,β-unsaturated/α-hetero) is 1. The van der Waals surface area contributed by atoms with Crippen LogP contribution in [-0.4, -0.2) is 29.7 Å². The average molecular weight is 221 g/mol. The first-order valence-corrected chi connectivity index (χ1v) is 5.60. The highest BCUT2D eigenvalue weighted by molar-refractivity contribution is 5.99. The molecule has 4 heteroatoms. The summed E-state index contributed by atoms with van der Waals surface area (Å²) in [5, 5.41) is 0. The number of likely N-dealkylation sites (tertiary alicyclic amines) is 1. The predicted octanol–water partition coefficient (Wildman–Crippen LogP) is 1.86. The van der Waals surface area contributed by atoms with Crippen molar-refractivity contribution in [2.75, 3.05) is 13.1 Å². The number of carbonyl (C=O) groups excluding carboxylic acids is 2. The lowest BCUT2D eigenvalue weighted by molar-refractivity contribution is -0.130. The number of nitrogens with zero attached hydrogens (tertiary/aromatic N) is 1. The Morgan fingerprint density at radius 3 is 3.00 bits per heavy atom. The Balaban J connectivity index is 1.97. The fourth-order valence-electron chi connectivity index (χ4n) is 1.89. The van der Waals surface area contributed by atoms with Gasteiger partial charge < -0.3 is 9.32 Å². The second-order valence-corrected chi connectivity index (χ2v) is 4.06. The minimum Gasteiger partial charge on any atom is -0.472 e. The monoisotopic (exact) mass is 221 g/mol. The molecule has 2 rings (SSSR count). The molecular formula is C12H15NO3. The van der Waals surface area contributed by atoms with Gasteiger partial charge in [-0.1, -0.05) is 6.42 Å². The molecule has 4 nitrogen and oxygen atoms in total. The zero-order chi connectivity index (χ0) is 11.4. The van der Waals surface area contributed by atoms with Crippen LogP contribution < -0.4 is 0 Å². The number of furan rings is 1. The second kappa shape index (κ2) is 4.96. The summed E-state index contributed by atoms with van der Waals surface area (Å²) in [6.45, 7) is 0.876. The van der Waals surface area contributed by atoms with Gasteiger partial charge in [-0.15, -0.1) is 0 Å². The van der Waals surface area contributed by atoms with Crippen molar-refractivity contribution in [1.29, 1.82) is 0 Å². The van der Waals surface area contributed by atoms with Crippen LogP contribution in [-0.2, 0) is 4.79 Å². The number of carbonyl (C=O) groups is 2. The smallest absolute Gasteiger partial charge is 0.222 e. The Morgan fingerprint density at radius 1 is 1.38 bits per heavy atom. The number of rotatable bonds is 3. The van der Waals surface area contributed by atoms with E-state index in [4.69, 9.17) is 4.42 Å². The molecule has 0 saturated carbocycles. The van der Waals surface area contributed by atoms with Crippen molar-refractivity contribution in [1.82, 2.24) is 4.90 Å². The van der Waals surface area contributed by atoms with Gasteiger partial charge in [-0.2, -0.15) is 0 Å². The Hall–Kier alpha value is -1.58. The molecule has 0 aromatic carbocycles. The lowest BCUT2D eigenvalue weighted by Gasteiger charge is -2.18. The van der Waals surface area contributed by atoms with Crippen molar-refractivity contribution in [3.8, 4) is 0 Å². The average Bonchev–Trinajstić information content (AvgIpc) is 2.73. The number of hydrogen-bond donors (Lipinski definition) is 0. The minimum absolute atomic E-state index is 0.0519. The Morgan fingerprint density at radius 2 is 2.25 bits per heavy atom. The lowest BCUT2D eigenvalue weighted by Crippen LogP contribution is -2.35. The molecule has 0 radical (unpaired) electrons. The Labute approximate surface area is 94.2 Å². The van der Waals surface area contributed by atoms with E-state index in [-0.39, 0.29) is 18.2 Å². The number of hydrogen-bond acceptors (Lipinski definition) is 3.